The van der Waals surface area contributed by atoms with Crippen LogP contribution in [-0.4, -0.2) is 0 Å². The number of nitrogens with zero attached hydrogens (tertiary/aromatic N) is 1. The van der Waals surface area contributed by atoms with Crippen molar-refractivity contribution in [3.63, 3.8) is 0 Å². The third-order valence-corrected chi connectivity index (χ3v) is 19.7. The second kappa shape index (κ2) is 17.4. The van der Waals surface area contributed by atoms with Gasteiger partial charge in [-0.15, -0.1) is 11.3 Å². The van der Waals surface area contributed by atoms with Crippen molar-refractivity contribution in [3.05, 3.63) is 270 Å². The predicted molar refractivity (Wildman–Crippen MR) is 317 cm³/mol. The Morgan fingerprint density at radius 3 is 1.68 bits per heavy atom. The summed E-state index contributed by atoms with van der Waals surface area (Å²) in [5, 5.41) is 2.67. The molecular formula is C73H59NS. The van der Waals surface area contributed by atoms with Crippen molar-refractivity contribution >= 4 is 48.6 Å². The molecular weight excluding hydrogens is 923 g/mol. The third-order valence-electron chi connectivity index (χ3n) is 18.6. The fourth-order valence-corrected chi connectivity index (χ4v) is 16.9. The number of hydrogen-bond donors (Lipinski definition) is 0. The van der Waals surface area contributed by atoms with Gasteiger partial charge < -0.3 is 4.90 Å². The highest BCUT2D eigenvalue weighted by atomic mass is 32.1. The summed E-state index contributed by atoms with van der Waals surface area (Å²) < 4.78 is 2.65. The largest absolute Gasteiger partial charge is 0.310 e. The van der Waals surface area contributed by atoms with Gasteiger partial charge in [-0.25, -0.2) is 0 Å². The first-order valence-corrected chi connectivity index (χ1v) is 28.4. The van der Waals surface area contributed by atoms with E-state index in [-0.39, 0.29) is 5.41 Å². The van der Waals surface area contributed by atoms with E-state index in [0.29, 0.717) is 17.8 Å². The second-order valence-electron chi connectivity index (χ2n) is 22.3. The van der Waals surface area contributed by atoms with E-state index in [1.807, 2.05) is 11.3 Å². The molecule has 1 unspecified atom stereocenters. The zero-order valence-electron chi connectivity index (χ0n) is 42.7. The van der Waals surface area contributed by atoms with E-state index in [9.17, 15) is 0 Å². The Morgan fingerprint density at radius 1 is 0.400 bits per heavy atom. The van der Waals surface area contributed by atoms with E-state index < -0.39 is 5.41 Å². The molecule has 75 heavy (non-hydrogen) atoms. The summed E-state index contributed by atoms with van der Waals surface area (Å²) in [4.78, 5) is 2.56. The van der Waals surface area contributed by atoms with Crippen molar-refractivity contribution in [2.45, 2.75) is 56.8 Å². The lowest BCUT2D eigenvalue weighted by atomic mass is 9.41. The van der Waals surface area contributed by atoms with Crippen LogP contribution in [0.4, 0.5) is 17.1 Å². The number of fused-ring (bicyclic) bond motifs is 12. The molecule has 5 atom stereocenters. The van der Waals surface area contributed by atoms with E-state index in [1.165, 1.54) is 125 Å². The van der Waals surface area contributed by atoms with Gasteiger partial charge in [0.15, 0.2) is 0 Å². The smallest absolute Gasteiger partial charge is 0.0719 e. The van der Waals surface area contributed by atoms with Crippen LogP contribution in [0.5, 0.6) is 0 Å². The second-order valence-corrected chi connectivity index (χ2v) is 23.4. The van der Waals surface area contributed by atoms with Crippen molar-refractivity contribution in [2.75, 3.05) is 4.90 Å². The van der Waals surface area contributed by atoms with Crippen LogP contribution in [0.15, 0.2) is 237 Å². The number of thiophene rings is 1. The summed E-state index contributed by atoms with van der Waals surface area (Å²) in [5.41, 5.74) is 22.0. The Labute approximate surface area is 445 Å². The predicted octanol–water partition coefficient (Wildman–Crippen LogP) is 20.0. The fraction of sp³-hybridized carbons (Fsp3) is 0.178. The maximum atomic E-state index is 2.71. The maximum absolute atomic E-state index is 2.71. The molecule has 1 aromatic heterocycles. The molecule has 0 aliphatic heterocycles. The van der Waals surface area contributed by atoms with E-state index in [1.54, 1.807) is 11.1 Å². The van der Waals surface area contributed by atoms with Gasteiger partial charge in [0.25, 0.3) is 0 Å². The Morgan fingerprint density at radius 2 is 0.947 bits per heavy atom. The molecule has 4 aliphatic rings. The van der Waals surface area contributed by atoms with Crippen LogP contribution in [0, 0.1) is 23.7 Å². The topological polar surface area (TPSA) is 3.24 Å². The van der Waals surface area contributed by atoms with Gasteiger partial charge in [0, 0.05) is 42.6 Å². The van der Waals surface area contributed by atoms with Crippen molar-refractivity contribution in [1.82, 2.24) is 0 Å². The van der Waals surface area contributed by atoms with Gasteiger partial charge in [-0.05, 0) is 176 Å². The zero-order chi connectivity index (χ0) is 49.8. The highest BCUT2D eigenvalue weighted by molar-refractivity contribution is 7.25. The first-order chi connectivity index (χ1) is 37.0. The molecule has 362 valence electrons. The third kappa shape index (κ3) is 6.55. The minimum Gasteiger partial charge on any atom is -0.310 e. The number of rotatable bonds is 7. The molecule has 11 aromatic rings. The monoisotopic (exact) mass is 981 g/mol. The zero-order valence-corrected chi connectivity index (χ0v) is 43.5. The van der Waals surface area contributed by atoms with Crippen LogP contribution in [0.25, 0.3) is 64.7 Å². The molecule has 1 nitrogen and oxygen atoms in total. The summed E-state index contributed by atoms with van der Waals surface area (Å²) in [6.07, 6.45) is 6.32. The number of anilines is 3. The Bertz CT molecular complexity index is 3950. The minimum atomic E-state index is -0.447. The Hall–Kier alpha value is -7.78. The molecule has 4 aliphatic carbocycles. The van der Waals surface area contributed by atoms with Crippen LogP contribution in [0.3, 0.4) is 0 Å². The quantitative estimate of drug-likeness (QED) is 0.154. The fourth-order valence-electron chi connectivity index (χ4n) is 15.7. The van der Waals surface area contributed by atoms with Crippen LogP contribution in [-0.2, 0) is 10.8 Å². The van der Waals surface area contributed by atoms with Gasteiger partial charge in [0.1, 0.15) is 0 Å². The molecule has 0 radical (unpaired) electrons. The minimum absolute atomic E-state index is 0.125. The van der Waals surface area contributed by atoms with Crippen molar-refractivity contribution in [2.24, 2.45) is 23.7 Å². The summed E-state index contributed by atoms with van der Waals surface area (Å²) in [7, 11) is 0. The number of benzene rings is 10. The summed E-state index contributed by atoms with van der Waals surface area (Å²) in [5.74, 6) is 2.52. The molecule has 0 amide bonds. The molecule has 0 N–H and O–H groups in total. The highest BCUT2D eigenvalue weighted by Crippen LogP contribution is 2.70. The summed E-state index contributed by atoms with van der Waals surface area (Å²) in [6, 6.07) is 90.6. The van der Waals surface area contributed by atoms with E-state index in [2.05, 4.69) is 255 Å². The molecule has 2 heteroatoms. The lowest BCUT2D eigenvalue weighted by Crippen LogP contribution is -2.56. The maximum Gasteiger partial charge on any atom is 0.0719 e. The van der Waals surface area contributed by atoms with E-state index >= 15 is 0 Å². The SMILES string of the molecule is CC[C@@H]1C[C@H]2C[C@H](C)C[C@@H](C1)C21c2ccccc2C2(c3ccccc3-c3ccccc32)c2ccc(N(c3ccc(-c4ccccc4-c4cccc5sc6ccccc6c45)cc3)c3cccc(-c4ccccc4)c3)cc21. The van der Waals surface area contributed by atoms with Gasteiger partial charge in [-0.3, -0.25) is 0 Å². The van der Waals surface area contributed by atoms with E-state index in [0.717, 1.165) is 17.3 Å². The first kappa shape index (κ1) is 44.7. The van der Waals surface area contributed by atoms with Crippen molar-refractivity contribution < 1.29 is 0 Å². The van der Waals surface area contributed by atoms with Gasteiger partial charge in [-0.2, -0.15) is 0 Å². The average Bonchev–Trinajstić information content (AvgIpc) is 4.16. The molecule has 0 saturated heterocycles. The Balaban J connectivity index is 0.960. The lowest BCUT2D eigenvalue weighted by Gasteiger charge is -2.62. The molecule has 2 bridgehead atoms. The van der Waals surface area contributed by atoms with Crippen LogP contribution >= 0.6 is 11.3 Å². The summed E-state index contributed by atoms with van der Waals surface area (Å²) in [6.45, 7) is 4.99. The molecule has 2 fully saturated rings. The summed E-state index contributed by atoms with van der Waals surface area (Å²) >= 11 is 1.88. The van der Waals surface area contributed by atoms with Gasteiger partial charge in [0.2, 0.25) is 0 Å². The van der Waals surface area contributed by atoms with Crippen LogP contribution in [0.2, 0.25) is 0 Å². The van der Waals surface area contributed by atoms with Crippen LogP contribution < -0.4 is 4.90 Å². The van der Waals surface area contributed by atoms with Crippen molar-refractivity contribution in [3.8, 4) is 44.5 Å². The number of hydrogen-bond acceptors (Lipinski definition) is 2. The first-order valence-electron chi connectivity index (χ1n) is 27.5. The van der Waals surface area contributed by atoms with Crippen LogP contribution in [0.1, 0.15) is 79.3 Å². The normalized spacial score (nSPS) is 20.7. The highest BCUT2D eigenvalue weighted by Gasteiger charge is 2.62. The van der Waals surface area contributed by atoms with Crippen molar-refractivity contribution in [1.29, 1.82) is 0 Å². The standard InChI is InChI=1S/C73H59NS/c1-3-48-43-52-41-47(2)42-53(44-48)72(52)65-31-14-15-32-66(65)73(63-29-12-9-25-59(63)60-26-10-13-30-64(60)73)67-40-39-56(46-68(67)72)74(55-22-17-21-51(45-55)49-19-5-4-6-20-49)54-37-35-50(36-38-54)57-23-7-8-24-58(57)61-28-18-34-70-71(61)62-27-11-16-33-69(62)75-70/h4-40,45-48,52-53H,3,41-44H2,1-2H3/t47-,48+,52+,53-,72?. The molecule has 10 aromatic carbocycles. The average molecular weight is 982 g/mol. The van der Waals surface area contributed by atoms with Gasteiger partial charge >= 0.3 is 0 Å². The van der Waals surface area contributed by atoms with Gasteiger partial charge in [-0.1, -0.05) is 208 Å². The van der Waals surface area contributed by atoms with E-state index in [4.69, 9.17) is 0 Å². The Kier molecular flexibility index (Phi) is 10.4. The molecule has 1 heterocycles. The molecule has 2 spiro atoms. The molecule has 15 rings (SSSR count). The molecule has 2 saturated carbocycles. The van der Waals surface area contributed by atoms with Gasteiger partial charge in [0.05, 0.1) is 5.41 Å². The lowest BCUT2D eigenvalue weighted by molar-refractivity contribution is 0.0180.